The van der Waals surface area contributed by atoms with E-state index in [1.165, 1.54) is 12.5 Å². The van der Waals surface area contributed by atoms with Gasteiger partial charge in [-0.1, -0.05) is 32.6 Å². The minimum absolute atomic E-state index is 0.133. The van der Waals surface area contributed by atoms with Crippen LogP contribution < -0.4 is 16.2 Å². The highest BCUT2D eigenvalue weighted by Gasteiger charge is 2.22. The molecule has 8 nitrogen and oxygen atoms in total. The van der Waals surface area contributed by atoms with Gasteiger partial charge >= 0.3 is 6.03 Å². The average Bonchev–Trinajstić information content (AvgIpc) is 2.66. The van der Waals surface area contributed by atoms with Crippen molar-refractivity contribution in [3.05, 3.63) is 22.1 Å². The molecule has 0 spiro atoms. The smallest absolute Gasteiger partial charge is 0.321 e. The van der Waals surface area contributed by atoms with E-state index >= 15 is 0 Å². The van der Waals surface area contributed by atoms with Gasteiger partial charge in [-0.15, -0.1) is 0 Å². The SMILES string of the molecule is CCCC(CCCCC1CCC(NC(=O)Nc2nc(C)cc(=O)[nH]2)CC1)N=C=O. The summed E-state index contributed by atoms with van der Waals surface area (Å²) < 4.78 is 0. The number of hydrogen-bond donors (Lipinski definition) is 3. The lowest BCUT2D eigenvalue weighted by Crippen LogP contribution is -2.40. The number of carbonyl (C=O) groups excluding carboxylic acids is 2. The average molecular weight is 404 g/mol. The Bertz CT molecular complexity index is 749. The fourth-order valence-corrected chi connectivity index (χ4v) is 4.06. The lowest BCUT2D eigenvalue weighted by Gasteiger charge is -2.29. The van der Waals surface area contributed by atoms with Gasteiger partial charge in [0.25, 0.3) is 5.56 Å². The number of anilines is 1. The number of nitrogens with one attached hydrogen (secondary N) is 3. The zero-order valence-electron chi connectivity index (χ0n) is 17.5. The van der Waals surface area contributed by atoms with Gasteiger partial charge in [-0.25, -0.2) is 19.6 Å². The molecule has 1 aromatic heterocycles. The van der Waals surface area contributed by atoms with Gasteiger partial charge in [-0.2, -0.15) is 0 Å². The van der Waals surface area contributed by atoms with Crippen molar-refractivity contribution in [2.24, 2.45) is 10.9 Å². The summed E-state index contributed by atoms with van der Waals surface area (Å²) in [5.41, 5.74) is 0.274. The first kappa shape index (κ1) is 22.8. The van der Waals surface area contributed by atoms with Crippen molar-refractivity contribution in [3.63, 3.8) is 0 Å². The van der Waals surface area contributed by atoms with Gasteiger partial charge in [0.2, 0.25) is 12.0 Å². The first-order chi connectivity index (χ1) is 14.0. The maximum absolute atomic E-state index is 12.1. The number of amides is 2. The third kappa shape index (κ3) is 8.60. The van der Waals surface area contributed by atoms with Crippen LogP contribution in [0.1, 0.15) is 76.8 Å². The molecule has 1 unspecified atom stereocenters. The first-order valence-corrected chi connectivity index (χ1v) is 10.7. The van der Waals surface area contributed by atoms with Crippen molar-refractivity contribution < 1.29 is 9.59 Å². The van der Waals surface area contributed by atoms with Crippen molar-refractivity contribution in [1.29, 1.82) is 0 Å². The van der Waals surface area contributed by atoms with Crippen LogP contribution in [0.2, 0.25) is 0 Å². The number of nitrogens with zero attached hydrogens (tertiary/aromatic N) is 2. The molecular weight excluding hydrogens is 370 g/mol. The molecule has 0 aliphatic heterocycles. The highest BCUT2D eigenvalue weighted by atomic mass is 16.2. The van der Waals surface area contributed by atoms with Gasteiger partial charge in [0.05, 0.1) is 6.04 Å². The van der Waals surface area contributed by atoms with Crippen molar-refractivity contribution in [2.45, 2.75) is 90.1 Å². The number of carbonyl (C=O) groups is 1. The van der Waals surface area contributed by atoms with Gasteiger partial charge < -0.3 is 5.32 Å². The Kier molecular flexibility index (Phi) is 9.57. The number of aromatic amines is 1. The van der Waals surface area contributed by atoms with E-state index in [4.69, 9.17) is 0 Å². The van der Waals surface area contributed by atoms with Gasteiger partial charge in [-0.05, 0) is 51.4 Å². The maximum Gasteiger partial charge on any atom is 0.321 e. The zero-order valence-corrected chi connectivity index (χ0v) is 17.5. The molecule has 1 saturated carbocycles. The molecule has 8 heteroatoms. The number of aromatic nitrogens is 2. The summed E-state index contributed by atoms with van der Waals surface area (Å²) in [4.78, 5) is 44.6. The van der Waals surface area contributed by atoms with Gasteiger partial charge in [-0.3, -0.25) is 15.1 Å². The van der Waals surface area contributed by atoms with E-state index in [-0.39, 0.29) is 29.6 Å². The van der Waals surface area contributed by atoms with Crippen LogP contribution >= 0.6 is 0 Å². The molecule has 1 fully saturated rings. The summed E-state index contributed by atoms with van der Waals surface area (Å²) in [6.07, 6.45) is 12.2. The normalized spacial score (nSPS) is 19.8. The third-order valence-electron chi connectivity index (χ3n) is 5.54. The van der Waals surface area contributed by atoms with Crippen molar-refractivity contribution in [2.75, 3.05) is 5.32 Å². The van der Waals surface area contributed by atoms with Crippen LogP contribution in [0.3, 0.4) is 0 Å². The molecule has 1 heterocycles. The maximum atomic E-state index is 12.1. The topological polar surface area (TPSA) is 116 Å². The second-order valence-electron chi connectivity index (χ2n) is 8.00. The van der Waals surface area contributed by atoms with E-state index in [2.05, 4.69) is 32.5 Å². The highest BCUT2D eigenvalue weighted by molar-refractivity contribution is 5.87. The number of unbranched alkanes of at least 4 members (excludes halogenated alkanes) is 1. The zero-order chi connectivity index (χ0) is 21.1. The molecule has 3 N–H and O–H groups in total. The summed E-state index contributed by atoms with van der Waals surface area (Å²) >= 11 is 0. The Morgan fingerprint density at radius 2 is 2.07 bits per heavy atom. The van der Waals surface area contributed by atoms with Crippen LogP contribution in [0.15, 0.2) is 15.9 Å². The van der Waals surface area contributed by atoms with Crippen LogP contribution in [-0.4, -0.2) is 34.2 Å². The summed E-state index contributed by atoms with van der Waals surface area (Å²) in [6, 6.07) is 1.33. The summed E-state index contributed by atoms with van der Waals surface area (Å²) in [6.45, 7) is 3.82. The number of hydrogen-bond acceptors (Lipinski definition) is 5. The molecule has 1 atom stereocenters. The lowest BCUT2D eigenvalue weighted by atomic mass is 9.83. The Labute approximate surface area is 172 Å². The third-order valence-corrected chi connectivity index (χ3v) is 5.54. The lowest BCUT2D eigenvalue weighted by molar-refractivity contribution is 0.235. The minimum Gasteiger partial charge on any atom is -0.335 e. The molecule has 0 aromatic carbocycles. The second-order valence-corrected chi connectivity index (χ2v) is 8.00. The number of isocyanates is 1. The van der Waals surface area contributed by atoms with E-state index < -0.39 is 0 Å². The van der Waals surface area contributed by atoms with Crippen LogP contribution in [0, 0.1) is 12.8 Å². The molecule has 1 aliphatic rings. The summed E-state index contributed by atoms with van der Waals surface area (Å²) in [5.74, 6) is 0.867. The molecule has 2 rings (SSSR count). The van der Waals surface area contributed by atoms with Crippen LogP contribution in [0.25, 0.3) is 0 Å². The van der Waals surface area contributed by atoms with Crippen molar-refractivity contribution in [3.8, 4) is 0 Å². The largest absolute Gasteiger partial charge is 0.335 e. The van der Waals surface area contributed by atoms with E-state index in [9.17, 15) is 14.4 Å². The van der Waals surface area contributed by atoms with Crippen molar-refractivity contribution >= 4 is 18.1 Å². The predicted octanol–water partition coefficient (Wildman–Crippen LogP) is 3.82. The Morgan fingerprint density at radius 3 is 2.72 bits per heavy atom. The second kappa shape index (κ2) is 12.2. The van der Waals surface area contributed by atoms with Crippen LogP contribution in [-0.2, 0) is 4.79 Å². The van der Waals surface area contributed by atoms with Crippen molar-refractivity contribution in [1.82, 2.24) is 15.3 Å². The Hall–Kier alpha value is -2.47. The van der Waals surface area contributed by atoms with Gasteiger partial charge in [0, 0.05) is 17.8 Å². The number of aliphatic imine (C=N–C) groups is 1. The van der Waals surface area contributed by atoms with E-state index in [0.29, 0.717) is 11.6 Å². The number of aryl methyl sites for hydroxylation is 1. The highest BCUT2D eigenvalue weighted by Crippen LogP contribution is 2.29. The Balaban J connectivity index is 1.64. The molecule has 2 amide bonds. The van der Waals surface area contributed by atoms with E-state index in [0.717, 1.165) is 57.8 Å². The number of H-pyrrole nitrogens is 1. The first-order valence-electron chi connectivity index (χ1n) is 10.7. The molecular formula is C21H33N5O3. The van der Waals surface area contributed by atoms with Gasteiger partial charge in [0.15, 0.2) is 0 Å². The van der Waals surface area contributed by atoms with Crippen LogP contribution in [0.4, 0.5) is 10.7 Å². The molecule has 0 bridgehead atoms. The number of rotatable bonds is 10. The Morgan fingerprint density at radius 1 is 1.31 bits per heavy atom. The van der Waals surface area contributed by atoms with Gasteiger partial charge in [0.1, 0.15) is 0 Å². The fourth-order valence-electron chi connectivity index (χ4n) is 4.06. The quantitative estimate of drug-likeness (QED) is 0.313. The van der Waals surface area contributed by atoms with E-state index in [1.807, 2.05) is 0 Å². The number of urea groups is 1. The summed E-state index contributed by atoms with van der Waals surface area (Å²) in [7, 11) is 0. The summed E-state index contributed by atoms with van der Waals surface area (Å²) in [5, 5.41) is 5.58. The molecule has 0 radical (unpaired) electrons. The fraction of sp³-hybridized carbons (Fsp3) is 0.714. The predicted molar refractivity (Wildman–Crippen MR) is 113 cm³/mol. The standard InChI is InChI=1S/C21H33N5O3/c1-3-6-17(22-14-27)8-5-4-7-16-9-11-18(12-10-16)24-21(29)26-20-23-15(2)13-19(28)25-20/h13,16-18H,3-12H2,1-2H3,(H3,23,24,25,26,28,29). The monoisotopic (exact) mass is 403 g/mol. The molecule has 160 valence electrons. The van der Waals surface area contributed by atoms with E-state index in [1.54, 1.807) is 13.0 Å². The van der Waals surface area contributed by atoms with Crippen LogP contribution in [0.5, 0.6) is 0 Å². The minimum atomic E-state index is -0.333. The molecule has 29 heavy (non-hydrogen) atoms. The molecule has 1 aliphatic carbocycles. The molecule has 1 aromatic rings. The molecule has 0 saturated heterocycles.